The number of rotatable bonds is 7. The third-order valence-corrected chi connectivity index (χ3v) is 3.42. The van der Waals surface area contributed by atoms with Gasteiger partial charge in [0.1, 0.15) is 0 Å². The van der Waals surface area contributed by atoms with E-state index in [4.69, 9.17) is 5.11 Å². The van der Waals surface area contributed by atoms with Crippen LogP contribution in [0.3, 0.4) is 0 Å². The van der Waals surface area contributed by atoms with E-state index in [1.54, 1.807) is 0 Å². The minimum Gasteiger partial charge on any atom is -0.395 e. The van der Waals surface area contributed by atoms with Crippen LogP contribution in [0.1, 0.15) is 18.9 Å². The molecule has 0 aliphatic carbocycles. The molecule has 2 nitrogen and oxygen atoms in total. The van der Waals surface area contributed by atoms with E-state index in [2.05, 4.69) is 60.4 Å². The molecule has 0 fully saturated rings. The molecule has 0 spiro atoms. The summed E-state index contributed by atoms with van der Waals surface area (Å²) in [6.45, 7) is 5.07. The van der Waals surface area contributed by atoms with Crippen molar-refractivity contribution in [2.45, 2.75) is 19.9 Å². The first-order valence-electron chi connectivity index (χ1n) is 7.31. The highest BCUT2D eigenvalue weighted by Gasteiger charge is 2.04. The first-order chi connectivity index (χ1) is 9.83. The summed E-state index contributed by atoms with van der Waals surface area (Å²) in [5, 5.41) is 9.09. The van der Waals surface area contributed by atoms with Crippen LogP contribution in [0.25, 0.3) is 11.1 Å². The van der Waals surface area contributed by atoms with Gasteiger partial charge in [0.2, 0.25) is 0 Å². The highest BCUT2D eigenvalue weighted by Crippen LogP contribution is 2.19. The quantitative estimate of drug-likeness (QED) is 0.831. The predicted molar refractivity (Wildman–Crippen MR) is 84.5 cm³/mol. The maximum atomic E-state index is 9.09. The molecular weight excluding hydrogens is 246 g/mol. The first kappa shape index (κ1) is 14.8. The number of nitrogens with zero attached hydrogens (tertiary/aromatic N) is 1. The highest BCUT2D eigenvalue weighted by atomic mass is 16.3. The number of aliphatic hydroxyl groups is 1. The van der Waals surface area contributed by atoms with Gasteiger partial charge in [-0.3, -0.25) is 4.90 Å². The van der Waals surface area contributed by atoms with Crippen LogP contribution >= 0.6 is 0 Å². The monoisotopic (exact) mass is 269 g/mol. The summed E-state index contributed by atoms with van der Waals surface area (Å²) in [4.78, 5) is 2.29. The van der Waals surface area contributed by atoms with E-state index < -0.39 is 0 Å². The molecule has 0 saturated heterocycles. The average molecular weight is 269 g/mol. The zero-order chi connectivity index (χ0) is 14.2. The number of benzene rings is 2. The molecule has 0 heterocycles. The summed E-state index contributed by atoms with van der Waals surface area (Å²) in [7, 11) is 0. The Morgan fingerprint density at radius 1 is 0.850 bits per heavy atom. The van der Waals surface area contributed by atoms with Crippen molar-refractivity contribution >= 4 is 0 Å². The van der Waals surface area contributed by atoms with E-state index in [1.165, 1.54) is 16.7 Å². The van der Waals surface area contributed by atoms with E-state index >= 15 is 0 Å². The van der Waals surface area contributed by atoms with Crippen molar-refractivity contribution in [1.82, 2.24) is 4.90 Å². The molecule has 2 aromatic rings. The van der Waals surface area contributed by atoms with Gasteiger partial charge in [-0.05, 0) is 29.7 Å². The Hall–Kier alpha value is -1.64. The Bertz CT molecular complexity index is 487. The lowest BCUT2D eigenvalue weighted by Gasteiger charge is -2.20. The predicted octanol–water partition coefficient (Wildman–Crippen LogP) is 3.56. The van der Waals surface area contributed by atoms with Crippen LogP contribution in [0, 0.1) is 0 Å². The van der Waals surface area contributed by atoms with Gasteiger partial charge in [-0.25, -0.2) is 0 Å². The maximum absolute atomic E-state index is 9.09. The van der Waals surface area contributed by atoms with Gasteiger partial charge < -0.3 is 5.11 Å². The molecule has 106 valence electrons. The molecule has 0 atom stereocenters. The summed E-state index contributed by atoms with van der Waals surface area (Å²) in [6.07, 6.45) is 1.11. The van der Waals surface area contributed by atoms with Crippen LogP contribution in [-0.2, 0) is 6.54 Å². The molecule has 20 heavy (non-hydrogen) atoms. The molecule has 1 N–H and O–H groups in total. The van der Waals surface area contributed by atoms with Gasteiger partial charge in [0, 0.05) is 13.1 Å². The summed E-state index contributed by atoms with van der Waals surface area (Å²) >= 11 is 0. The number of hydrogen-bond donors (Lipinski definition) is 1. The Kier molecular flexibility index (Phi) is 5.78. The summed E-state index contributed by atoms with van der Waals surface area (Å²) in [5.41, 5.74) is 3.80. The maximum Gasteiger partial charge on any atom is 0.0558 e. The van der Waals surface area contributed by atoms with Gasteiger partial charge in [-0.15, -0.1) is 0 Å². The zero-order valence-electron chi connectivity index (χ0n) is 12.1. The van der Waals surface area contributed by atoms with Crippen LogP contribution in [0.2, 0.25) is 0 Å². The molecule has 0 aromatic heterocycles. The van der Waals surface area contributed by atoms with Gasteiger partial charge in [0.05, 0.1) is 6.61 Å². The van der Waals surface area contributed by atoms with Crippen molar-refractivity contribution in [2.75, 3.05) is 19.7 Å². The van der Waals surface area contributed by atoms with Gasteiger partial charge in [0.15, 0.2) is 0 Å². The highest BCUT2D eigenvalue weighted by molar-refractivity contribution is 5.63. The second-order valence-corrected chi connectivity index (χ2v) is 5.06. The fourth-order valence-corrected chi connectivity index (χ4v) is 2.42. The third kappa shape index (κ3) is 4.19. The summed E-state index contributed by atoms with van der Waals surface area (Å²) < 4.78 is 0. The van der Waals surface area contributed by atoms with Crippen LogP contribution in [0.5, 0.6) is 0 Å². The minimum absolute atomic E-state index is 0.224. The van der Waals surface area contributed by atoms with Gasteiger partial charge in [-0.1, -0.05) is 61.5 Å². The van der Waals surface area contributed by atoms with Gasteiger partial charge in [0.25, 0.3) is 0 Å². The minimum atomic E-state index is 0.224. The number of hydrogen-bond acceptors (Lipinski definition) is 2. The van der Waals surface area contributed by atoms with Crippen molar-refractivity contribution in [3.63, 3.8) is 0 Å². The molecule has 0 unspecified atom stereocenters. The first-order valence-corrected chi connectivity index (χ1v) is 7.31. The topological polar surface area (TPSA) is 23.5 Å². The van der Waals surface area contributed by atoms with Crippen molar-refractivity contribution in [2.24, 2.45) is 0 Å². The van der Waals surface area contributed by atoms with E-state index in [-0.39, 0.29) is 6.61 Å². The Labute approximate surface area is 121 Å². The lowest BCUT2D eigenvalue weighted by atomic mass is 10.0. The second-order valence-electron chi connectivity index (χ2n) is 5.06. The van der Waals surface area contributed by atoms with Crippen LogP contribution in [0.4, 0.5) is 0 Å². The Morgan fingerprint density at radius 3 is 2.10 bits per heavy atom. The van der Waals surface area contributed by atoms with Gasteiger partial charge >= 0.3 is 0 Å². The van der Waals surface area contributed by atoms with E-state index in [1.807, 2.05) is 6.07 Å². The van der Waals surface area contributed by atoms with E-state index in [0.717, 1.165) is 26.1 Å². The molecule has 2 aromatic carbocycles. The average Bonchev–Trinajstić information content (AvgIpc) is 2.49. The summed E-state index contributed by atoms with van der Waals surface area (Å²) in [5.74, 6) is 0. The lowest BCUT2D eigenvalue weighted by molar-refractivity contribution is 0.190. The van der Waals surface area contributed by atoms with Crippen LogP contribution in [-0.4, -0.2) is 29.7 Å². The fourth-order valence-electron chi connectivity index (χ4n) is 2.42. The number of aliphatic hydroxyl groups excluding tert-OH is 1. The molecule has 2 rings (SSSR count). The molecule has 0 bridgehead atoms. The van der Waals surface area contributed by atoms with E-state index in [0.29, 0.717) is 0 Å². The molecule has 0 saturated carbocycles. The molecular formula is C18H23NO. The standard InChI is InChI=1S/C18H23NO/c1-2-12-19(13-14-20)15-16-8-10-18(11-9-16)17-6-4-3-5-7-17/h3-11,20H,2,12-15H2,1H3. The zero-order valence-corrected chi connectivity index (χ0v) is 12.1. The fraction of sp³-hybridized carbons (Fsp3) is 0.333. The lowest BCUT2D eigenvalue weighted by Crippen LogP contribution is -2.27. The van der Waals surface area contributed by atoms with Crippen LogP contribution < -0.4 is 0 Å². The van der Waals surface area contributed by atoms with Crippen molar-refractivity contribution in [3.05, 3.63) is 60.2 Å². The van der Waals surface area contributed by atoms with Crippen molar-refractivity contribution < 1.29 is 5.11 Å². The third-order valence-electron chi connectivity index (χ3n) is 3.42. The molecule has 0 amide bonds. The smallest absolute Gasteiger partial charge is 0.0558 e. The SMILES string of the molecule is CCCN(CCO)Cc1ccc(-c2ccccc2)cc1. The molecule has 0 aliphatic rings. The molecule has 0 aliphatic heterocycles. The Morgan fingerprint density at radius 2 is 1.50 bits per heavy atom. The normalized spacial score (nSPS) is 10.9. The largest absolute Gasteiger partial charge is 0.395 e. The van der Waals surface area contributed by atoms with Crippen molar-refractivity contribution in [1.29, 1.82) is 0 Å². The molecule has 0 radical (unpaired) electrons. The van der Waals surface area contributed by atoms with Crippen LogP contribution in [0.15, 0.2) is 54.6 Å². The second kappa shape index (κ2) is 7.83. The molecule has 2 heteroatoms. The van der Waals surface area contributed by atoms with Crippen molar-refractivity contribution in [3.8, 4) is 11.1 Å². The Balaban J connectivity index is 2.04. The van der Waals surface area contributed by atoms with E-state index in [9.17, 15) is 0 Å². The van der Waals surface area contributed by atoms with Gasteiger partial charge in [-0.2, -0.15) is 0 Å². The summed E-state index contributed by atoms with van der Waals surface area (Å²) in [6, 6.07) is 19.1.